The van der Waals surface area contributed by atoms with Crippen LogP contribution >= 0.6 is 11.6 Å². The number of thiol groups is 1. The number of nitrogens with zero attached hydrogens (tertiary/aromatic N) is 1. The molecular formula is C15H15ClN2O3S. The lowest BCUT2D eigenvalue weighted by atomic mass is 10.2. The number of amides is 1. The molecule has 0 unspecified atom stereocenters. The molecule has 0 saturated carbocycles. The van der Waals surface area contributed by atoms with Crippen LogP contribution in [0.4, 0.5) is 11.4 Å². The molecule has 2 rings (SSSR count). The second-order valence-electron chi connectivity index (χ2n) is 4.69. The Morgan fingerprint density at radius 3 is 2.23 bits per heavy atom. The number of hydrogen-bond acceptors (Lipinski definition) is 3. The fourth-order valence-electron chi connectivity index (χ4n) is 1.83. The lowest BCUT2D eigenvalue weighted by Gasteiger charge is -2.17. The van der Waals surface area contributed by atoms with Gasteiger partial charge in [0, 0.05) is 10.7 Å². The number of hydrogen-bond donors (Lipinski definition) is 2. The van der Waals surface area contributed by atoms with Gasteiger partial charge in [-0.2, -0.15) is 0 Å². The Kier molecular flexibility index (Phi) is 5.41. The third kappa shape index (κ3) is 4.47. The van der Waals surface area contributed by atoms with Crippen LogP contribution < -0.4 is 9.62 Å². The number of aryl methyl sites for hydroxylation is 1. The van der Waals surface area contributed by atoms with E-state index in [1.165, 1.54) is 0 Å². The quantitative estimate of drug-likeness (QED) is 0.824. The Morgan fingerprint density at radius 2 is 1.68 bits per heavy atom. The Balaban J connectivity index is 2.09. The molecule has 0 aliphatic heterocycles. The van der Waals surface area contributed by atoms with Gasteiger partial charge in [-0.15, -0.1) is 0 Å². The molecule has 0 spiro atoms. The minimum atomic E-state index is -2.91. The monoisotopic (exact) mass is 338 g/mol. The molecule has 1 amide bonds. The van der Waals surface area contributed by atoms with Gasteiger partial charge in [0.1, 0.15) is 6.54 Å². The van der Waals surface area contributed by atoms with Crippen molar-refractivity contribution in [2.24, 2.45) is 0 Å². The van der Waals surface area contributed by atoms with Crippen molar-refractivity contribution >= 4 is 39.8 Å². The van der Waals surface area contributed by atoms with E-state index in [0.717, 1.165) is 9.87 Å². The predicted molar refractivity (Wildman–Crippen MR) is 88.9 cm³/mol. The van der Waals surface area contributed by atoms with E-state index in [4.69, 9.17) is 11.6 Å². The van der Waals surface area contributed by atoms with Gasteiger partial charge in [-0.25, -0.2) is 8.42 Å². The van der Waals surface area contributed by atoms with Gasteiger partial charge in [0.15, 0.2) is 0 Å². The maximum atomic E-state index is 12.0. The summed E-state index contributed by atoms with van der Waals surface area (Å²) in [7, 11) is -2.91. The van der Waals surface area contributed by atoms with E-state index in [1.807, 2.05) is 6.92 Å². The Bertz CT molecular complexity index is 719. The number of carbonyl (C=O) groups is 1. The molecule has 2 aromatic carbocycles. The number of nitrogens with one attached hydrogen (secondary N) is 1. The fraction of sp³-hybridized carbons (Fsp3) is 0.133. The van der Waals surface area contributed by atoms with Crippen LogP contribution in [0.25, 0.3) is 0 Å². The van der Waals surface area contributed by atoms with Crippen LogP contribution in [0.15, 0.2) is 48.5 Å². The molecule has 0 saturated heterocycles. The first-order valence-electron chi connectivity index (χ1n) is 6.49. The summed E-state index contributed by atoms with van der Waals surface area (Å²) in [6.07, 6.45) is 0. The third-order valence-corrected chi connectivity index (χ3v) is 3.97. The number of benzene rings is 2. The van der Waals surface area contributed by atoms with Crippen molar-refractivity contribution in [3.05, 3.63) is 59.1 Å². The van der Waals surface area contributed by atoms with E-state index in [0.29, 0.717) is 16.4 Å². The van der Waals surface area contributed by atoms with Crippen molar-refractivity contribution in [2.75, 3.05) is 16.2 Å². The van der Waals surface area contributed by atoms with Crippen LogP contribution in [-0.4, -0.2) is 20.9 Å². The second kappa shape index (κ2) is 7.29. The van der Waals surface area contributed by atoms with Crippen molar-refractivity contribution in [2.45, 2.75) is 6.92 Å². The first-order valence-corrected chi connectivity index (χ1v) is 8.00. The maximum Gasteiger partial charge on any atom is 0.245 e. The number of anilines is 2. The highest BCUT2D eigenvalue weighted by Gasteiger charge is 2.13. The molecule has 0 aliphatic carbocycles. The van der Waals surface area contributed by atoms with Gasteiger partial charge in [-0.05, 0) is 43.3 Å². The van der Waals surface area contributed by atoms with Crippen molar-refractivity contribution in [1.82, 2.24) is 0 Å². The summed E-state index contributed by atoms with van der Waals surface area (Å²) in [4.78, 5) is 12.0. The first kappa shape index (κ1) is 16.3. The van der Waals surface area contributed by atoms with Crippen LogP contribution in [0.3, 0.4) is 0 Å². The number of carbonyl (C=O) groups excluding carboxylic acids is 1. The SMILES string of the molecule is Cc1ccc(N(CC(=O)Nc2ccc(Cl)cc2)[SH](=O)=O)cc1. The summed E-state index contributed by atoms with van der Waals surface area (Å²) in [6.45, 7) is 1.61. The summed E-state index contributed by atoms with van der Waals surface area (Å²) in [5, 5.41) is 3.19. The van der Waals surface area contributed by atoms with Gasteiger partial charge in [0.2, 0.25) is 16.8 Å². The third-order valence-electron chi connectivity index (χ3n) is 2.95. The second-order valence-corrected chi connectivity index (χ2v) is 6.08. The predicted octanol–water partition coefficient (Wildman–Crippen LogP) is 2.62. The fourth-order valence-corrected chi connectivity index (χ4v) is 2.52. The molecule has 116 valence electrons. The molecular weight excluding hydrogens is 324 g/mol. The van der Waals surface area contributed by atoms with Crippen molar-refractivity contribution in [1.29, 1.82) is 0 Å². The Labute approximate surface area is 135 Å². The van der Waals surface area contributed by atoms with E-state index >= 15 is 0 Å². The molecule has 0 atom stereocenters. The summed E-state index contributed by atoms with van der Waals surface area (Å²) >= 11 is 5.77. The molecule has 0 heterocycles. The van der Waals surface area contributed by atoms with Gasteiger partial charge < -0.3 is 5.32 Å². The van der Waals surface area contributed by atoms with Gasteiger partial charge in [-0.1, -0.05) is 29.3 Å². The smallest absolute Gasteiger partial charge is 0.245 e. The Morgan fingerprint density at radius 1 is 1.09 bits per heavy atom. The van der Waals surface area contributed by atoms with Crippen LogP contribution in [0.1, 0.15) is 5.56 Å². The summed E-state index contributed by atoms with van der Waals surface area (Å²) in [5.41, 5.74) is 2.02. The van der Waals surface area contributed by atoms with Crippen LogP contribution in [-0.2, 0) is 15.7 Å². The standard InChI is InChI=1S/C15H15ClN2O3S/c1-11-2-8-14(9-3-11)18(22(20)21)10-15(19)17-13-6-4-12(16)5-7-13/h2-9,22H,10H2,1H3,(H,17,19). The van der Waals surface area contributed by atoms with E-state index in [9.17, 15) is 13.2 Å². The van der Waals surface area contributed by atoms with E-state index < -0.39 is 16.8 Å². The maximum absolute atomic E-state index is 12.0. The average molecular weight is 339 g/mol. The van der Waals surface area contributed by atoms with Gasteiger partial charge in [-0.3, -0.25) is 9.10 Å². The molecule has 0 aromatic heterocycles. The van der Waals surface area contributed by atoms with Gasteiger partial charge >= 0.3 is 0 Å². The van der Waals surface area contributed by atoms with Crippen molar-refractivity contribution in [3.63, 3.8) is 0 Å². The summed E-state index contributed by atoms with van der Waals surface area (Å²) in [6, 6.07) is 13.5. The molecule has 0 aliphatic rings. The molecule has 0 bridgehead atoms. The van der Waals surface area contributed by atoms with E-state index in [-0.39, 0.29) is 6.54 Å². The summed E-state index contributed by atoms with van der Waals surface area (Å²) in [5.74, 6) is -0.429. The minimum absolute atomic E-state index is 0.287. The number of rotatable bonds is 5. The molecule has 0 fully saturated rings. The van der Waals surface area contributed by atoms with Gasteiger partial charge in [0.25, 0.3) is 0 Å². The molecule has 2 aromatic rings. The number of halogens is 1. The molecule has 22 heavy (non-hydrogen) atoms. The zero-order valence-electron chi connectivity index (χ0n) is 11.8. The van der Waals surface area contributed by atoms with Crippen molar-refractivity contribution in [3.8, 4) is 0 Å². The zero-order valence-corrected chi connectivity index (χ0v) is 13.5. The van der Waals surface area contributed by atoms with E-state index in [1.54, 1.807) is 48.5 Å². The van der Waals surface area contributed by atoms with Crippen molar-refractivity contribution < 1.29 is 13.2 Å². The molecule has 1 N–H and O–H groups in total. The topological polar surface area (TPSA) is 66.5 Å². The average Bonchev–Trinajstić information content (AvgIpc) is 2.48. The van der Waals surface area contributed by atoms with Gasteiger partial charge in [0.05, 0.1) is 5.69 Å². The largest absolute Gasteiger partial charge is 0.325 e. The minimum Gasteiger partial charge on any atom is -0.325 e. The van der Waals surface area contributed by atoms with Crippen LogP contribution in [0.2, 0.25) is 5.02 Å². The summed E-state index contributed by atoms with van der Waals surface area (Å²) < 4.78 is 23.8. The zero-order chi connectivity index (χ0) is 16.1. The lowest BCUT2D eigenvalue weighted by Crippen LogP contribution is -2.32. The Hall–Kier alpha value is -2.05. The van der Waals surface area contributed by atoms with E-state index in [2.05, 4.69) is 5.32 Å². The highest BCUT2D eigenvalue weighted by Crippen LogP contribution is 2.16. The molecule has 0 radical (unpaired) electrons. The highest BCUT2D eigenvalue weighted by molar-refractivity contribution is 7.74. The highest BCUT2D eigenvalue weighted by atomic mass is 35.5. The van der Waals surface area contributed by atoms with Crippen LogP contribution in [0.5, 0.6) is 0 Å². The lowest BCUT2D eigenvalue weighted by molar-refractivity contribution is -0.114. The first-order chi connectivity index (χ1) is 10.5. The normalized spacial score (nSPS) is 10.5. The van der Waals surface area contributed by atoms with Crippen LogP contribution in [0, 0.1) is 6.92 Å². The molecule has 7 heteroatoms. The molecule has 5 nitrogen and oxygen atoms in total.